The van der Waals surface area contributed by atoms with Gasteiger partial charge in [-0.25, -0.2) is 0 Å². The van der Waals surface area contributed by atoms with E-state index >= 15 is 0 Å². The molecule has 110 valence electrons. The summed E-state index contributed by atoms with van der Waals surface area (Å²) < 4.78 is 16.6. The summed E-state index contributed by atoms with van der Waals surface area (Å²) >= 11 is 0. The zero-order chi connectivity index (χ0) is 14.1. The van der Waals surface area contributed by atoms with E-state index in [1.165, 1.54) is 0 Å². The maximum Gasteiger partial charge on any atom is 0.0707 e. The number of ether oxygens (including phenoxy) is 3. The molecule has 0 amide bonds. The molecule has 1 atom stereocenters. The van der Waals surface area contributed by atoms with Crippen molar-refractivity contribution in [3.05, 3.63) is 0 Å². The Morgan fingerprint density at radius 1 is 0.944 bits per heavy atom. The molecule has 4 heteroatoms. The third-order valence-electron chi connectivity index (χ3n) is 3.32. The van der Waals surface area contributed by atoms with Crippen LogP contribution in [0.4, 0.5) is 0 Å². The molecular weight excluding hydrogens is 232 g/mol. The highest BCUT2D eigenvalue weighted by Gasteiger charge is 2.24. The van der Waals surface area contributed by atoms with Crippen molar-refractivity contribution in [2.24, 2.45) is 0 Å². The lowest BCUT2D eigenvalue weighted by molar-refractivity contribution is -0.0916. The standard InChI is InChI=1S/C14H30O4/c1-6-14(4,7-9-15)18-10-8-13(2,3)17-12-11-16-5/h15H,6-12H2,1-5H3. The van der Waals surface area contributed by atoms with Crippen LogP contribution < -0.4 is 0 Å². The van der Waals surface area contributed by atoms with E-state index in [-0.39, 0.29) is 17.8 Å². The Kier molecular flexibility index (Phi) is 8.78. The van der Waals surface area contributed by atoms with Gasteiger partial charge in [0.2, 0.25) is 0 Å². The normalized spacial score (nSPS) is 15.7. The van der Waals surface area contributed by atoms with Gasteiger partial charge < -0.3 is 19.3 Å². The van der Waals surface area contributed by atoms with Crippen LogP contribution in [0.1, 0.15) is 47.0 Å². The highest BCUT2D eigenvalue weighted by Crippen LogP contribution is 2.22. The first-order chi connectivity index (χ1) is 8.39. The van der Waals surface area contributed by atoms with Crippen LogP contribution in [0, 0.1) is 0 Å². The highest BCUT2D eigenvalue weighted by molar-refractivity contribution is 4.74. The summed E-state index contributed by atoms with van der Waals surface area (Å²) in [6.07, 6.45) is 2.41. The topological polar surface area (TPSA) is 47.9 Å². The Labute approximate surface area is 112 Å². The molecule has 0 spiro atoms. The highest BCUT2D eigenvalue weighted by atomic mass is 16.5. The summed E-state index contributed by atoms with van der Waals surface area (Å²) in [5.74, 6) is 0. The molecule has 0 rings (SSSR count). The summed E-state index contributed by atoms with van der Waals surface area (Å²) in [6, 6.07) is 0. The van der Waals surface area contributed by atoms with Crippen molar-refractivity contribution in [3.8, 4) is 0 Å². The first-order valence-electron chi connectivity index (χ1n) is 6.77. The lowest BCUT2D eigenvalue weighted by atomic mass is 9.99. The van der Waals surface area contributed by atoms with Gasteiger partial charge in [-0.2, -0.15) is 0 Å². The van der Waals surface area contributed by atoms with Gasteiger partial charge in [0.1, 0.15) is 0 Å². The molecule has 0 aliphatic heterocycles. The summed E-state index contributed by atoms with van der Waals surface area (Å²) in [4.78, 5) is 0. The van der Waals surface area contributed by atoms with Crippen LogP contribution in [0.15, 0.2) is 0 Å². The van der Waals surface area contributed by atoms with Crippen molar-refractivity contribution < 1.29 is 19.3 Å². The second-order valence-electron chi connectivity index (χ2n) is 5.48. The predicted octanol–water partition coefficient (Wildman–Crippen LogP) is 2.39. The molecule has 1 N–H and O–H groups in total. The molecule has 0 bridgehead atoms. The smallest absolute Gasteiger partial charge is 0.0707 e. The van der Waals surface area contributed by atoms with E-state index in [1.807, 2.05) is 6.92 Å². The maximum absolute atomic E-state index is 9.02. The van der Waals surface area contributed by atoms with E-state index in [0.717, 1.165) is 12.8 Å². The minimum Gasteiger partial charge on any atom is -0.396 e. The van der Waals surface area contributed by atoms with Gasteiger partial charge in [-0.15, -0.1) is 0 Å². The molecular formula is C14H30O4. The molecule has 1 unspecified atom stereocenters. The number of hydrogen-bond donors (Lipinski definition) is 1. The van der Waals surface area contributed by atoms with Gasteiger partial charge >= 0.3 is 0 Å². The van der Waals surface area contributed by atoms with Crippen LogP contribution in [0.25, 0.3) is 0 Å². The second-order valence-corrected chi connectivity index (χ2v) is 5.48. The van der Waals surface area contributed by atoms with Gasteiger partial charge in [-0.3, -0.25) is 0 Å². The van der Waals surface area contributed by atoms with Gasteiger partial charge in [0, 0.05) is 13.7 Å². The molecule has 0 aliphatic rings. The molecule has 0 aromatic rings. The predicted molar refractivity (Wildman–Crippen MR) is 72.9 cm³/mol. The number of aliphatic hydroxyl groups is 1. The summed E-state index contributed by atoms with van der Waals surface area (Å²) in [6.45, 7) is 10.3. The van der Waals surface area contributed by atoms with Crippen LogP contribution in [0.2, 0.25) is 0 Å². The zero-order valence-corrected chi connectivity index (χ0v) is 12.6. The van der Waals surface area contributed by atoms with E-state index in [2.05, 4.69) is 20.8 Å². The second kappa shape index (κ2) is 8.86. The third kappa shape index (κ3) is 8.03. The van der Waals surface area contributed by atoms with Crippen LogP contribution in [-0.4, -0.2) is 49.8 Å². The van der Waals surface area contributed by atoms with Gasteiger partial charge in [-0.1, -0.05) is 6.92 Å². The molecule has 0 fully saturated rings. The average Bonchev–Trinajstić information content (AvgIpc) is 2.29. The van der Waals surface area contributed by atoms with Gasteiger partial charge in [0.05, 0.1) is 31.0 Å². The molecule has 0 aliphatic carbocycles. The Hall–Kier alpha value is -0.160. The zero-order valence-electron chi connectivity index (χ0n) is 12.6. The fourth-order valence-corrected chi connectivity index (χ4v) is 1.60. The Bertz CT molecular complexity index is 206. The SMILES string of the molecule is CCC(C)(CCO)OCCC(C)(C)OCCOC. The van der Waals surface area contributed by atoms with Crippen LogP contribution in [0.3, 0.4) is 0 Å². The van der Waals surface area contributed by atoms with Crippen molar-refractivity contribution in [1.82, 2.24) is 0 Å². The van der Waals surface area contributed by atoms with E-state index < -0.39 is 0 Å². The molecule has 0 heterocycles. The van der Waals surface area contributed by atoms with Gasteiger partial charge in [0.15, 0.2) is 0 Å². The quantitative estimate of drug-likeness (QED) is 0.581. The minimum absolute atomic E-state index is 0.165. The summed E-state index contributed by atoms with van der Waals surface area (Å²) in [5, 5.41) is 9.02. The van der Waals surface area contributed by atoms with Crippen molar-refractivity contribution >= 4 is 0 Å². The van der Waals surface area contributed by atoms with E-state index in [4.69, 9.17) is 19.3 Å². The first-order valence-corrected chi connectivity index (χ1v) is 6.77. The van der Waals surface area contributed by atoms with Crippen molar-refractivity contribution in [2.75, 3.05) is 33.5 Å². The van der Waals surface area contributed by atoms with Gasteiger partial charge in [0.25, 0.3) is 0 Å². The largest absolute Gasteiger partial charge is 0.396 e. The van der Waals surface area contributed by atoms with Crippen LogP contribution >= 0.6 is 0 Å². The first kappa shape index (κ1) is 17.8. The van der Waals surface area contributed by atoms with Crippen molar-refractivity contribution in [2.45, 2.75) is 58.2 Å². The third-order valence-corrected chi connectivity index (χ3v) is 3.32. The Morgan fingerprint density at radius 2 is 1.61 bits per heavy atom. The number of aliphatic hydroxyl groups excluding tert-OH is 1. The fourth-order valence-electron chi connectivity index (χ4n) is 1.60. The molecule has 0 aromatic heterocycles. The summed E-state index contributed by atoms with van der Waals surface area (Å²) in [7, 11) is 1.67. The Balaban J connectivity index is 3.92. The molecule has 0 aromatic carbocycles. The number of hydrogen-bond acceptors (Lipinski definition) is 4. The molecule has 0 radical (unpaired) electrons. The molecule has 0 saturated heterocycles. The fraction of sp³-hybridized carbons (Fsp3) is 1.00. The van der Waals surface area contributed by atoms with E-state index in [0.29, 0.717) is 26.2 Å². The van der Waals surface area contributed by atoms with Crippen LogP contribution in [0.5, 0.6) is 0 Å². The van der Waals surface area contributed by atoms with E-state index in [1.54, 1.807) is 7.11 Å². The molecule has 0 saturated carbocycles. The monoisotopic (exact) mass is 262 g/mol. The lowest BCUT2D eigenvalue weighted by Gasteiger charge is -2.31. The maximum atomic E-state index is 9.02. The number of methoxy groups -OCH3 is 1. The number of rotatable bonds is 11. The van der Waals surface area contributed by atoms with Crippen molar-refractivity contribution in [1.29, 1.82) is 0 Å². The van der Waals surface area contributed by atoms with Crippen molar-refractivity contribution in [3.63, 3.8) is 0 Å². The average molecular weight is 262 g/mol. The minimum atomic E-state index is -0.225. The molecule has 18 heavy (non-hydrogen) atoms. The summed E-state index contributed by atoms with van der Waals surface area (Å²) in [5.41, 5.74) is -0.427. The Morgan fingerprint density at radius 3 is 2.11 bits per heavy atom. The van der Waals surface area contributed by atoms with Crippen LogP contribution in [-0.2, 0) is 14.2 Å². The molecule has 4 nitrogen and oxygen atoms in total. The van der Waals surface area contributed by atoms with E-state index in [9.17, 15) is 0 Å². The van der Waals surface area contributed by atoms with Gasteiger partial charge in [-0.05, 0) is 40.0 Å². The lowest BCUT2D eigenvalue weighted by Crippen LogP contribution is -2.33.